The number of carbonyl (C=O) groups excluding carboxylic acids is 1. The number of nitrogens with zero attached hydrogens (tertiary/aromatic N) is 2. The molecule has 0 bridgehead atoms. The Balaban J connectivity index is 2.05. The summed E-state index contributed by atoms with van der Waals surface area (Å²) in [6, 6.07) is 9.77. The fourth-order valence-corrected chi connectivity index (χ4v) is 2.13. The molecule has 1 aliphatic rings. The summed E-state index contributed by atoms with van der Waals surface area (Å²) in [4.78, 5) is 17.5. The van der Waals surface area contributed by atoms with Crippen molar-refractivity contribution in [2.75, 3.05) is 18.6 Å². The van der Waals surface area contributed by atoms with Gasteiger partial charge >= 0.3 is 0 Å². The molecule has 0 saturated carbocycles. The maximum absolute atomic E-state index is 11.5. The number of amides is 1. The van der Waals surface area contributed by atoms with Gasteiger partial charge in [0.1, 0.15) is 5.75 Å². The molecule has 0 radical (unpaired) electrons. The topological polar surface area (TPSA) is 42.4 Å². The zero-order valence-electron chi connectivity index (χ0n) is 10.9. The van der Waals surface area contributed by atoms with E-state index >= 15 is 0 Å². The third-order valence-electron chi connectivity index (χ3n) is 3.26. The van der Waals surface area contributed by atoms with Gasteiger partial charge in [-0.05, 0) is 36.8 Å². The lowest BCUT2D eigenvalue weighted by Crippen LogP contribution is -2.35. The number of rotatable bonds is 1. The highest BCUT2D eigenvalue weighted by Crippen LogP contribution is 2.34. The summed E-state index contributed by atoms with van der Waals surface area (Å²) in [6.45, 7) is 2.13. The normalized spacial score (nSPS) is 14.0. The van der Waals surface area contributed by atoms with Gasteiger partial charge in [-0.1, -0.05) is 6.07 Å². The average molecular weight is 254 g/mol. The van der Waals surface area contributed by atoms with Gasteiger partial charge in [0.2, 0.25) is 0 Å². The van der Waals surface area contributed by atoms with E-state index in [0.29, 0.717) is 0 Å². The molecule has 1 aromatic carbocycles. The smallest absolute Gasteiger partial charge is 0.264 e. The molecule has 0 unspecified atom stereocenters. The molecule has 3 rings (SSSR count). The largest absolute Gasteiger partial charge is 0.482 e. The summed E-state index contributed by atoms with van der Waals surface area (Å²) in [5.41, 5.74) is 3.86. The summed E-state index contributed by atoms with van der Waals surface area (Å²) in [6.07, 6.45) is 1.79. The van der Waals surface area contributed by atoms with E-state index in [1.54, 1.807) is 18.1 Å². The molecule has 4 heteroatoms. The van der Waals surface area contributed by atoms with Gasteiger partial charge in [-0.25, -0.2) is 0 Å². The number of hydrogen-bond acceptors (Lipinski definition) is 3. The van der Waals surface area contributed by atoms with Crippen molar-refractivity contribution < 1.29 is 9.53 Å². The Bertz CT molecular complexity index is 652. The highest BCUT2D eigenvalue weighted by atomic mass is 16.5. The van der Waals surface area contributed by atoms with E-state index < -0.39 is 0 Å². The van der Waals surface area contributed by atoms with Crippen LogP contribution in [0.3, 0.4) is 0 Å². The monoisotopic (exact) mass is 254 g/mol. The first-order chi connectivity index (χ1) is 9.15. The third kappa shape index (κ3) is 2.05. The fraction of sp³-hybridized carbons (Fsp3) is 0.200. The van der Waals surface area contributed by atoms with Gasteiger partial charge in [-0.15, -0.1) is 0 Å². The van der Waals surface area contributed by atoms with E-state index in [0.717, 1.165) is 28.3 Å². The number of hydrogen-bond donors (Lipinski definition) is 0. The lowest BCUT2D eigenvalue weighted by Gasteiger charge is -2.26. The van der Waals surface area contributed by atoms with E-state index in [-0.39, 0.29) is 12.5 Å². The first-order valence-corrected chi connectivity index (χ1v) is 6.11. The zero-order chi connectivity index (χ0) is 13.4. The number of pyridine rings is 1. The molecule has 2 aromatic rings. The van der Waals surface area contributed by atoms with E-state index in [9.17, 15) is 4.79 Å². The van der Waals surface area contributed by atoms with Gasteiger partial charge in [0.15, 0.2) is 6.61 Å². The molecule has 19 heavy (non-hydrogen) atoms. The summed E-state index contributed by atoms with van der Waals surface area (Å²) < 4.78 is 5.48. The summed E-state index contributed by atoms with van der Waals surface area (Å²) in [5, 5.41) is 0. The van der Waals surface area contributed by atoms with Crippen LogP contribution in [0.15, 0.2) is 36.5 Å². The molecule has 1 aromatic heterocycles. The number of ether oxygens (including phenoxy) is 1. The molecule has 4 nitrogen and oxygen atoms in total. The Labute approximate surface area is 111 Å². The second-order valence-electron chi connectivity index (χ2n) is 4.64. The Morgan fingerprint density at radius 1 is 1.26 bits per heavy atom. The van der Waals surface area contributed by atoms with Crippen molar-refractivity contribution in [3.05, 3.63) is 42.1 Å². The van der Waals surface area contributed by atoms with Crippen LogP contribution in [-0.2, 0) is 4.79 Å². The number of aromatic nitrogens is 1. The molecule has 0 fully saturated rings. The number of aryl methyl sites for hydroxylation is 1. The lowest BCUT2D eigenvalue weighted by atomic mass is 10.1. The standard InChI is InChI=1S/C15H14N2O2/c1-10-5-6-16-12(7-10)11-3-4-13-14(8-11)19-9-15(18)17(13)2/h3-8H,9H2,1-2H3. The number of carbonyl (C=O) groups is 1. The van der Waals surface area contributed by atoms with Crippen molar-refractivity contribution in [2.45, 2.75) is 6.92 Å². The maximum atomic E-state index is 11.5. The highest BCUT2D eigenvalue weighted by Gasteiger charge is 2.22. The van der Waals surface area contributed by atoms with E-state index in [2.05, 4.69) is 4.98 Å². The maximum Gasteiger partial charge on any atom is 0.264 e. The van der Waals surface area contributed by atoms with Crippen LogP contribution in [0.5, 0.6) is 5.75 Å². The molecule has 1 aliphatic heterocycles. The number of benzene rings is 1. The van der Waals surface area contributed by atoms with Crippen LogP contribution >= 0.6 is 0 Å². The summed E-state index contributed by atoms with van der Waals surface area (Å²) in [5.74, 6) is 0.692. The quantitative estimate of drug-likeness (QED) is 0.784. The molecule has 0 N–H and O–H groups in total. The van der Waals surface area contributed by atoms with Crippen molar-refractivity contribution in [2.24, 2.45) is 0 Å². The molecular weight excluding hydrogens is 240 g/mol. The first kappa shape index (κ1) is 11.7. The van der Waals surface area contributed by atoms with E-state index in [1.807, 2.05) is 37.3 Å². The molecule has 0 aliphatic carbocycles. The molecule has 96 valence electrons. The van der Waals surface area contributed by atoms with Crippen molar-refractivity contribution in [1.29, 1.82) is 0 Å². The predicted octanol–water partition coefficient (Wildman–Crippen LogP) is 2.41. The molecule has 1 amide bonds. The van der Waals surface area contributed by atoms with Gasteiger partial charge in [0.05, 0.1) is 11.4 Å². The second-order valence-corrected chi connectivity index (χ2v) is 4.64. The molecule has 0 spiro atoms. The van der Waals surface area contributed by atoms with Crippen LogP contribution in [0, 0.1) is 6.92 Å². The van der Waals surface area contributed by atoms with Crippen molar-refractivity contribution in [3.8, 4) is 17.0 Å². The van der Waals surface area contributed by atoms with Gasteiger partial charge in [-0.2, -0.15) is 0 Å². The summed E-state index contributed by atoms with van der Waals surface area (Å²) >= 11 is 0. The Hall–Kier alpha value is -2.36. The van der Waals surface area contributed by atoms with Gasteiger partial charge in [0.25, 0.3) is 5.91 Å². The first-order valence-electron chi connectivity index (χ1n) is 6.11. The number of anilines is 1. The van der Waals surface area contributed by atoms with Crippen LogP contribution in [0.25, 0.3) is 11.3 Å². The average Bonchev–Trinajstić information content (AvgIpc) is 2.43. The van der Waals surface area contributed by atoms with Crippen LogP contribution < -0.4 is 9.64 Å². The van der Waals surface area contributed by atoms with Gasteiger partial charge in [-0.3, -0.25) is 9.78 Å². The summed E-state index contributed by atoms with van der Waals surface area (Å²) in [7, 11) is 1.76. The SMILES string of the molecule is Cc1ccnc(-c2ccc3c(c2)OCC(=O)N3C)c1. The fourth-order valence-electron chi connectivity index (χ4n) is 2.13. The Morgan fingerprint density at radius 3 is 2.89 bits per heavy atom. The number of likely N-dealkylation sites (N-methyl/N-ethyl adjacent to an activating group) is 1. The molecule has 2 heterocycles. The van der Waals surface area contributed by atoms with E-state index in [4.69, 9.17) is 4.74 Å². The van der Waals surface area contributed by atoms with Crippen molar-refractivity contribution in [3.63, 3.8) is 0 Å². The lowest BCUT2D eigenvalue weighted by molar-refractivity contribution is -0.120. The van der Waals surface area contributed by atoms with Gasteiger partial charge in [0, 0.05) is 18.8 Å². The second kappa shape index (κ2) is 4.39. The minimum absolute atomic E-state index is 0.0334. The highest BCUT2D eigenvalue weighted by molar-refractivity contribution is 5.97. The van der Waals surface area contributed by atoms with Gasteiger partial charge < -0.3 is 9.64 Å². The predicted molar refractivity (Wildman–Crippen MR) is 73.3 cm³/mol. The van der Waals surface area contributed by atoms with Crippen molar-refractivity contribution in [1.82, 2.24) is 4.98 Å². The zero-order valence-corrected chi connectivity index (χ0v) is 10.9. The molecular formula is C15H14N2O2. The van der Waals surface area contributed by atoms with Crippen molar-refractivity contribution >= 4 is 11.6 Å². The minimum Gasteiger partial charge on any atom is -0.482 e. The number of fused-ring (bicyclic) bond motifs is 1. The van der Waals surface area contributed by atoms with E-state index in [1.165, 1.54) is 0 Å². The van der Waals surface area contributed by atoms with Crippen LogP contribution in [-0.4, -0.2) is 24.5 Å². The van der Waals surface area contributed by atoms with Crippen LogP contribution in [0.2, 0.25) is 0 Å². The Morgan fingerprint density at radius 2 is 2.11 bits per heavy atom. The third-order valence-corrected chi connectivity index (χ3v) is 3.26. The minimum atomic E-state index is -0.0334. The molecule has 0 saturated heterocycles. The Kier molecular flexibility index (Phi) is 2.71. The van der Waals surface area contributed by atoms with Crippen LogP contribution in [0.1, 0.15) is 5.56 Å². The molecule has 0 atom stereocenters. The van der Waals surface area contributed by atoms with Crippen LogP contribution in [0.4, 0.5) is 5.69 Å².